The topological polar surface area (TPSA) is 77.8 Å². The van der Waals surface area contributed by atoms with E-state index in [2.05, 4.69) is 51.7 Å². The second-order valence-electron chi connectivity index (χ2n) is 13.9. The van der Waals surface area contributed by atoms with Crippen molar-refractivity contribution in [2.45, 2.75) is 96.5 Å². The molecule has 0 spiro atoms. The lowest BCUT2D eigenvalue weighted by atomic mass is 9.51. The summed E-state index contributed by atoms with van der Waals surface area (Å²) >= 11 is 0. The van der Waals surface area contributed by atoms with Gasteiger partial charge in [-0.25, -0.2) is 0 Å². The molecule has 4 heteroatoms. The fraction of sp³-hybridized carbons (Fsp3) is 0.618. The van der Waals surface area contributed by atoms with Crippen molar-refractivity contribution in [2.24, 2.45) is 22.7 Å². The molecule has 0 amide bonds. The van der Waals surface area contributed by atoms with Crippen LogP contribution in [0, 0.1) is 34.5 Å². The number of fused-ring (bicyclic) bond motifs is 4. The smallest absolute Gasteiger partial charge is 0.156 e. The van der Waals surface area contributed by atoms with Gasteiger partial charge in [0.2, 0.25) is 0 Å². The third-order valence-electron chi connectivity index (χ3n) is 10.2. The van der Waals surface area contributed by atoms with Crippen molar-refractivity contribution in [2.75, 3.05) is 13.2 Å². The third-order valence-corrected chi connectivity index (χ3v) is 10.2. The van der Waals surface area contributed by atoms with Crippen LogP contribution in [0.2, 0.25) is 0 Å². The Bertz CT molecular complexity index is 1230. The molecule has 1 aromatic carbocycles. The van der Waals surface area contributed by atoms with Gasteiger partial charge in [0.15, 0.2) is 5.78 Å². The highest BCUT2D eigenvalue weighted by atomic mass is 16.3. The first-order valence-electron chi connectivity index (χ1n) is 14.4. The van der Waals surface area contributed by atoms with Crippen molar-refractivity contribution in [3.8, 4) is 11.8 Å². The molecule has 1 aromatic rings. The Kier molecular flexibility index (Phi) is 6.83. The number of allylic oxidation sites excluding steroid dienone is 4. The fourth-order valence-electron chi connectivity index (χ4n) is 7.81. The van der Waals surface area contributed by atoms with E-state index in [-0.39, 0.29) is 35.7 Å². The maximum Gasteiger partial charge on any atom is 0.156 e. The number of benzene rings is 1. The van der Waals surface area contributed by atoms with Crippen LogP contribution < -0.4 is 0 Å². The highest BCUT2D eigenvalue weighted by molar-refractivity contribution is 5.93. The monoisotopic (exact) mass is 516 g/mol. The van der Waals surface area contributed by atoms with Crippen LogP contribution in [0.4, 0.5) is 0 Å². The highest BCUT2D eigenvalue weighted by Crippen LogP contribution is 2.66. The Morgan fingerprint density at radius 3 is 2.32 bits per heavy atom. The number of rotatable bonds is 4. The van der Waals surface area contributed by atoms with Crippen LogP contribution in [-0.4, -0.2) is 39.9 Å². The van der Waals surface area contributed by atoms with Crippen LogP contribution in [-0.2, 0) is 10.2 Å². The molecular weight excluding hydrogens is 472 g/mol. The molecule has 4 aliphatic rings. The SMILES string of the molecule is CC(C)(C)C#C[C@]1(O)CC[C@H]2[C@@H]3CCC4=CC(=O)CCC4=C3[C@@H](c3ccc(C(C)(CO)CO)cc3)C[C@@]21C. The van der Waals surface area contributed by atoms with E-state index in [1.807, 2.05) is 25.1 Å². The van der Waals surface area contributed by atoms with Gasteiger partial charge < -0.3 is 15.3 Å². The Labute approximate surface area is 228 Å². The van der Waals surface area contributed by atoms with Crippen LogP contribution in [0.3, 0.4) is 0 Å². The molecule has 4 nitrogen and oxygen atoms in total. The van der Waals surface area contributed by atoms with Gasteiger partial charge in [-0.05, 0) is 99.5 Å². The summed E-state index contributed by atoms with van der Waals surface area (Å²) in [4.78, 5) is 12.3. The molecule has 0 aliphatic heterocycles. The van der Waals surface area contributed by atoms with Crippen molar-refractivity contribution in [1.29, 1.82) is 0 Å². The van der Waals surface area contributed by atoms with Crippen LogP contribution in [0.1, 0.15) is 96.6 Å². The quantitative estimate of drug-likeness (QED) is 0.455. The Balaban J connectivity index is 1.64. The number of hydrogen-bond donors (Lipinski definition) is 3. The standard InChI is InChI=1S/C34H44O4/c1-31(2,3)16-17-34(38)15-14-29-27-12-8-23-18-25(37)11-13-26(23)30(27)28(19-33(29,34)5)22-6-9-24(10-7-22)32(4,20-35)21-36/h6-7,9-10,18,27-29,35-36,38H,8,11-15,19-21H2,1-5H3/t27-,28+,29-,33-,34+/m0/s1. The molecule has 5 rings (SSSR count). The van der Waals surface area contributed by atoms with Crippen LogP contribution in [0.25, 0.3) is 0 Å². The van der Waals surface area contributed by atoms with Crippen molar-refractivity contribution < 1.29 is 20.1 Å². The lowest BCUT2D eigenvalue weighted by molar-refractivity contribution is -0.114. The van der Waals surface area contributed by atoms with E-state index in [9.17, 15) is 20.1 Å². The van der Waals surface area contributed by atoms with Crippen molar-refractivity contribution >= 4 is 5.78 Å². The minimum absolute atomic E-state index is 0.120. The molecule has 38 heavy (non-hydrogen) atoms. The molecule has 3 N–H and O–H groups in total. The summed E-state index contributed by atoms with van der Waals surface area (Å²) in [7, 11) is 0. The maximum absolute atomic E-state index is 12.3. The zero-order valence-electron chi connectivity index (χ0n) is 23.7. The van der Waals surface area contributed by atoms with Gasteiger partial charge >= 0.3 is 0 Å². The van der Waals surface area contributed by atoms with Crippen LogP contribution in [0.15, 0.2) is 47.1 Å². The van der Waals surface area contributed by atoms with Crippen molar-refractivity contribution in [3.63, 3.8) is 0 Å². The summed E-state index contributed by atoms with van der Waals surface area (Å²) < 4.78 is 0. The minimum atomic E-state index is -1.02. The first-order chi connectivity index (χ1) is 17.8. The molecule has 0 aromatic heterocycles. The van der Waals surface area contributed by atoms with Crippen molar-refractivity contribution in [1.82, 2.24) is 0 Å². The van der Waals surface area contributed by atoms with E-state index in [0.29, 0.717) is 24.7 Å². The summed E-state index contributed by atoms with van der Waals surface area (Å²) in [5.41, 5.74) is 4.01. The lowest BCUT2D eigenvalue weighted by Gasteiger charge is -2.53. The van der Waals surface area contributed by atoms with E-state index in [0.717, 1.165) is 37.7 Å². The van der Waals surface area contributed by atoms with Crippen LogP contribution >= 0.6 is 0 Å². The van der Waals surface area contributed by atoms with Gasteiger partial charge in [0.05, 0.1) is 13.2 Å². The van der Waals surface area contributed by atoms with E-state index in [1.54, 1.807) is 0 Å². The van der Waals surface area contributed by atoms with Gasteiger partial charge in [-0.1, -0.05) is 55.5 Å². The Morgan fingerprint density at radius 2 is 1.68 bits per heavy atom. The minimum Gasteiger partial charge on any atom is -0.395 e. The summed E-state index contributed by atoms with van der Waals surface area (Å²) in [6.07, 6.45) is 7.74. The van der Waals surface area contributed by atoms with Gasteiger partial charge in [0.1, 0.15) is 5.60 Å². The van der Waals surface area contributed by atoms with E-state index in [4.69, 9.17) is 0 Å². The molecule has 0 unspecified atom stereocenters. The first-order valence-corrected chi connectivity index (χ1v) is 14.4. The molecule has 4 aliphatic carbocycles. The predicted molar refractivity (Wildman–Crippen MR) is 150 cm³/mol. The highest BCUT2D eigenvalue weighted by Gasteiger charge is 2.62. The Morgan fingerprint density at radius 1 is 1.00 bits per heavy atom. The predicted octanol–water partition coefficient (Wildman–Crippen LogP) is 5.61. The molecule has 5 atom stereocenters. The third kappa shape index (κ3) is 4.41. The summed E-state index contributed by atoms with van der Waals surface area (Å²) in [6, 6.07) is 8.39. The van der Waals surface area contributed by atoms with Gasteiger partial charge in [-0.15, -0.1) is 0 Å². The van der Waals surface area contributed by atoms with Crippen molar-refractivity contribution in [3.05, 3.63) is 58.2 Å². The van der Waals surface area contributed by atoms with Gasteiger partial charge in [-0.3, -0.25) is 4.79 Å². The first kappa shape index (κ1) is 27.4. The number of aliphatic hydroxyl groups excluding tert-OH is 2. The molecule has 0 radical (unpaired) electrons. The molecular formula is C34H44O4. The Hall–Kier alpha value is -2.19. The number of carbonyl (C=O) groups is 1. The fourth-order valence-corrected chi connectivity index (χ4v) is 7.81. The summed E-state index contributed by atoms with van der Waals surface area (Å²) in [5, 5.41) is 32.0. The summed E-state index contributed by atoms with van der Waals surface area (Å²) in [5.74, 6) is 7.88. The largest absolute Gasteiger partial charge is 0.395 e. The molecule has 0 bridgehead atoms. The van der Waals surface area contributed by atoms with Crippen LogP contribution in [0.5, 0.6) is 0 Å². The van der Waals surface area contributed by atoms with Gasteiger partial charge in [0.25, 0.3) is 0 Å². The molecule has 2 fully saturated rings. The molecule has 2 saturated carbocycles. The molecule has 0 saturated heterocycles. The number of carbonyl (C=O) groups excluding carboxylic acids is 1. The second-order valence-corrected chi connectivity index (χ2v) is 13.9. The average Bonchev–Trinajstić information content (AvgIpc) is 3.16. The number of ketones is 1. The second kappa shape index (κ2) is 9.47. The average molecular weight is 517 g/mol. The molecule has 204 valence electrons. The normalized spacial score (nSPS) is 33.1. The van der Waals surface area contributed by atoms with E-state index in [1.165, 1.54) is 22.3 Å². The van der Waals surface area contributed by atoms with E-state index < -0.39 is 11.0 Å². The molecule has 0 heterocycles. The lowest BCUT2D eigenvalue weighted by Crippen LogP contribution is -2.51. The zero-order valence-corrected chi connectivity index (χ0v) is 23.7. The van der Waals surface area contributed by atoms with E-state index >= 15 is 0 Å². The van der Waals surface area contributed by atoms with Gasteiger partial charge in [-0.2, -0.15) is 0 Å². The number of aliphatic hydroxyl groups is 3. The van der Waals surface area contributed by atoms with Gasteiger partial charge in [0, 0.05) is 28.6 Å². The summed E-state index contributed by atoms with van der Waals surface area (Å²) in [6.45, 7) is 10.2. The maximum atomic E-state index is 12.3. The zero-order chi connectivity index (χ0) is 27.5. The number of hydrogen-bond acceptors (Lipinski definition) is 4.